The molecule has 1 aliphatic rings. The zero-order valence-electron chi connectivity index (χ0n) is 10.4. The number of nitrogens with two attached hydrogens (primary N) is 1. The molecule has 1 aliphatic heterocycles. The molecule has 1 fully saturated rings. The van der Waals surface area contributed by atoms with E-state index in [0.717, 1.165) is 0 Å². The maximum atomic E-state index is 11.9. The van der Waals surface area contributed by atoms with E-state index in [4.69, 9.17) is 22.2 Å². The van der Waals surface area contributed by atoms with Crippen molar-refractivity contribution < 1.29 is 9.53 Å². The number of hydrogen-bond donors (Lipinski definition) is 3. The lowest BCUT2D eigenvalue weighted by Gasteiger charge is -2.35. The average molecular weight is 287 g/mol. The van der Waals surface area contributed by atoms with Gasteiger partial charge in [0.05, 0.1) is 19.4 Å². The van der Waals surface area contributed by atoms with E-state index in [2.05, 4.69) is 20.7 Å². The molecule has 4 N–H and O–H groups in total. The Morgan fingerprint density at radius 1 is 1.68 bits per heavy atom. The van der Waals surface area contributed by atoms with E-state index < -0.39 is 6.04 Å². The first-order chi connectivity index (χ1) is 9.17. The van der Waals surface area contributed by atoms with E-state index in [1.165, 1.54) is 6.20 Å². The zero-order chi connectivity index (χ0) is 13.8. The van der Waals surface area contributed by atoms with Gasteiger partial charge in [0.25, 0.3) is 0 Å². The van der Waals surface area contributed by atoms with Crippen LogP contribution >= 0.6 is 11.6 Å². The second-order valence-electron chi connectivity index (χ2n) is 3.91. The standard InChI is InChI=1S/C10H15ClN6O2/c1-13-9(18)7-5-19-3-2-17(7)8-6(11)4-14-10(15-8)16-12/h4,7H,2-3,5,12H2,1H3,(H,13,18)(H,14,15,16). The van der Waals surface area contributed by atoms with Gasteiger partial charge in [0.15, 0.2) is 5.82 Å². The number of halogens is 1. The van der Waals surface area contributed by atoms with Crippen LogP contribution in [0.3, 0.4) is 0 Å². The molecule has 0 aromatic carbocycles. The monoisotopic (exact) mass is 286 g/mol. The van der Waals surface area contributed by atoms with Gasteiger partial charge in [-0.3, -0.25) is 10.2 Å². The Labute approximate surface area is 115 Å². The first-order valence-electron chi connectivity index (χ1n) is 5.72. The summed E-state index contributed by atoms with van der Waals surface area (Å²) >= 11 is 6.09. The van der Waals surface area contributed by atoms with Crippen molar-refractivity contribution in [2.75, 3.05) is 37.1 Å². The number of rotatable bonds is 3. The lowest BCUT2D eigenvalue weighted by atomic mass is 10.2. The van der Waals surface area contributed by atoms with Crippen LogP contribution in [0.4, 0.5) is 11.8 Å². The number of hydrazine groups is 1. The fourth-order valence-electron chi connectivity index (χ4n) is 1.87. The van der Waals surface area contributed by atoms with E-state index in [9.17, 15) is 4.79 Å². The summed E-state index contributed by atoms with van der Waals surface area (Å²) < 4.78 is 5.32. The predicted molar refractivity (Wildman–Crippen MR) is 70.9 cm³/mol. The number of amides is 1. The Morgan fingerprint density at radius 3 is 3.16 bits per heavy atom. The normalized spacial score (nSPS) is 19.1. The Hall–Kier alpha value is -1.64. The van der Waals surface area contributed by atoms with Gasteiger partial charge in [-0.15, -0.1) is 0 Å². The van der Waals surface area contributed by atoms with Gasteiger partial charge in [0.2, 0.25) is 11.9 Å². The number of nitrogen functional groups attached to an aromatic ring is 1. The number of nitrogens with zero attached hydrogens (tertiary/aromatic N) is 3. The second-order valence-corrected chi connectivity index (χ2v) is 4.32. The molecular weight excluding hydrogens is 272 g/mol. The third-order valence-corrected chi connectivity index (χ3v) is 3.07. The largest absolute Gasteiger partial charge is 0.377 e. The van der Waals surface area contributed by atoms with Crippen molar-refractivity contribution in [1.29, 1.82) is 0 Å². The number of carbonyl (C=O) groups excluding carboxylic acids is 1. The number of likely N-dealkylation sites (N-methyl/N-ethyl adjacent to an activating group) is 1. The Balaban J connectivity index is 2.34. The molecule has 19 heavy (non-hydrogen) atoms. The molecule has 9 heteroatoms. The van der Waals surface area contributed by atoms with E-state index >= 15 is 0 Å². The number of nitrogens with one attached hydrogen (secondary N) is 2. The smallest absolute Gasteiger partial charge is 0.244 e. The molecule has 2 rings (SSSR count). The topological polar surface area (TPSA) is 105 Å². The Bertz CT molecular complexity index is 471. The minimum absolute atomic E-state index is 0.156. The molecule has 2 heterocycles. The number of ether oxygens (including phenoxy) is 1. The molecule has 1 amide bonds. The number of carbonyl (C=O) groups is 1. The van der Waals surface area contributed by atoms with Gasteiger partial charge in [-0.05, 0) is 0 Å². The Kier molecular flexibility index (Phi) is 4.35. The molecule has 8 nitrogen and oxygen atoms in total. The van der Waals surface area contributed by atoms with Gasteiger partial charge in [0.1, 0.15) is 11.1 Å². The molecule has 0 spiro atoms. The van der Waals surface area contributed by atoms with Crippen LogP contribution in [0.1, 0.15) is 0 Å². The third-order valence-electron chi connectivity index (χ3n) is 2.80. The number of morpholine rings is 1. The first-order valence-corrected chi connectivity index (χ1v) is 6.10. The van der Waals surface area contributed by atoms with Crippen LogP contribution < -0.4 is 21.5 Å². The van der Waals surface area contributed by atoms with E-state index in [1.807, 2.05) is 0 Å². The number of aromatic nitrogens is 2. The highest BCUT2D eigenvalue weighted by molar-refractivity contribution is 6.32. The fourth-order valence-corrected chi connectivity index (χ4v) is 2.07. The van der Waals surface area contributed by atoms with Gasteiger partial charge in [-0.25, -0.2) is 10.8 Å². The van der Waals surface area contributed by atoms with E-state index in [-0.39, 0.29) is 18.5 Å². The Morgan fingerprint density at radius 2 is 2.47 bits per heavy atom. The van der Waals surface area contributed by atoms with Crippen LogP contribution in [0.5, 0.6) is 0 Å². The number of anilines is 2. The highest BCUT2D eigenvalue weighted by Gasteiger charge is 2.31. The zero-order valence-corrected chi connectivity index (χ0v) is 11.1. The molecule has 0 bridgehead atoms. The van der Waals surface area contributed by atoms with Crippen LogP contribution in [0.15, 0.2) is 6.20 Å². The molecule has 1 aromatic rings. The quantitative estimate of drug-likeness (QED) is 0.502. The average Bonchev–Trinajstić information content (AvgIpc) is 2.47. The van der Waals surface area contributed by atoms with Crippen LogP contribution in [0.2, 0.25) is 5.02 Å². The summed E-state index contributed by atoms with van der Waals surface area (Å²) in [5, 5.41) is 2.95. The van der Waals surface area contributed by atoms with E-state index in [1.54, 1.807) is 11.9 Å². The molecule has 1 unspecified atom stereocenters. The van der Waals surface area contributed by atoms with Crippen LogP contribution in [0.25, 0.3) is 0 Å². The van der Waals surface area contributed by atoms with Crippen molar-refractivity contribution in [2.45, 2.75) is 6.04 Å². The molecule has 104 valence electrons. The lowest BCUT2D eigenvalue weighted by molar-refractivity contribution is -0.124. The number of hydrogen-bond acceptors (Lipinski definition) is 7. The van der Waals surface area contributed by atoms with Crippen molar-refractivity contribution in [3.8, 4) is 0 Å². The highest BCUT2D eigenvalue weighted by Crippen LogP contribution is 2.26. The van der Waals surface area contributed by atoms with Crippen LogP contribution in [-0.4, -0.2) is 48.7 Å². The molecule has 1 atom stereocenters. The molecule has 0 saturated carbocycles. The summed E-state index contributed by atoms with van der Waals surface area (Å²) in [5.41, 5.74) is 2.35. The van der Waals surface area contributed by atoms with Gasteiger partial charge < -0.3 is 15.0 Å². The SMILES string of the molecule is CNC(=O)C1COCCN1c1nc(NN)ncc1Cl. The molecule has 1 saturated heterocycles. The molecule has 0 radical (unpaired) electrons. The van der Waals surface area contributed by atoms with Crippen molar-refractivity contribution in [3.63, 3.8) is 0 Å². The summed E-state index contributed by atoms with van der Waals surface area (Å²) in [6.07, 6.45) is 1.44. The summed E-state index contributed by atoms with van der Waals surface area (Å²) in [6.45, 7) is 1.30. The van der Waals surface area contributed by atoms with Gasteiger partial charge in [-0.2, -0.15) is 4.98 Å². The van der Waals surface area contributed by atoms with Crippen molar-refractivity contribution in [3.05, 3.63) is 11.2 Å². The van der Waals surface area contributed by atoms with Crippen LogP contribution in [-0.2, 0) is 9.53 Å². The van der Waals surface area contributed by atoms with Crippen LogP contribution in [0, 0.1) is 0 Å². The van der Waals surface area contributed by atoms with Crippen molar-refractivity contribution in [2.24, 2.45) is 5.84 Å². The van der Waals surface area contributed by atoms with Gasteiger partial charge >= 0.3 is 0 Å². The minimum atomic E-state index is -0.475. The third kappa shape index (κ3) is 2.86. The van der Waals surface area contributed by atoms with Gasteiger partial charge in [0, 0.05) is 13.6 Å². The van der Waals surface area contributed by atoms with Crippen molar-refractivity contribution >= 4 is 29.3 Å². The molecule has 0 aliphatic carbocycles. The maximum absolute atomic E-state index is 11.9. The van der Waals surface area contributed by atoms with Crippen molar-refractivity contribution in [1.82, 2.24) is 15.3 Å². The summed E-state index contributed by atoms with van der Waals surface area (Å²) in [4.78, 5) is 21.7. The lowest BCUT2D eigenvalue weighted by Crippen LogP contribution is -2.53. The first kappa shape index (κ1) is 13.8. The summed E-state index contributed by atoms with van der Waals surface area (Å²) in [5.74, 6) is 5.82. The predicted octanol–water partition coefficient (Wildman–Crippen LogP) is -0.633. The summed E-state index contributed by atoms with van der Waals surface area (Å²) in [6, 6.07) is -0.475. The highest BCUT2D eigenvalue weighted by atomic mass is 35.5. The molecular formula is C10H15ClN6O2. The molecule has 1 aromatic heterocycles. The maximum Gasteiger partial charge on any atom is 0.244 e. The van der Waals surface area contributed by atoms with E-state index in [0.29, 0.717) is 24.0 Å². The van der Waals surface area contributed by atoms with Gasteiger partial charge in [-0.1, -0.05) is 11.6 Å². The second kappa shape index (κ2) is 6.00. The minimum Gasteiger partial charge on any atom is -0.377 e. The summed E-state index contributed by atoms with van der Waals surface area (Å²) in [7, 11) is 1.57. The fraction of sp³-hybridized carbons (Fsp3) is 0.500.